The fourth-order valence-corrected chi connectivity index (χ4v) is 3.55. The van der Waals surface area contributed by atoms with Gasteiger partial charge >= 0.3 is 0 Å². The predicted octanol–water partition coefficient (Wildman–Crippen LogP) is 1.54. The first kappa shape index (κ1) is 17.0. The van der Waals surface area contributed by atoms with E-state index in [0.29, 0.717) is 25.7 Å². The van der Waals surface area contributed by atoms with Crippen LogP contribution in [0.4, 0.5) is 0 Å². The number of amides is 2. The van der Waals surface area contributed by atoms with E-state index in [9.17, 15) is 9.59 Å². The molecule has 1 aliphatic carbocycles. The van der Waals surface area contributed by atoms with Gasteiger partial charge < -0.3 is 10.6 Å². The molecular weight excluding hydrogens is 302 g/mol. The number of hydrogen-bond donors (Lipinski definition) is 1. The van der Waals surface area contributed by atoms with Crippen LogP contribution in [-0.4, -0.2) is 47.3 Å². The molecule has 0 aromatic heterocycles. The Morgan fingerprint density at radius 1 is 1.21 bits per heavy atom. The lowest BCUT2D eigenvalue weighted by Gasteiger charge is -2.25. The SMILES string of the molecule is Cc1ccc(CN(C(=O)CN2C[C@@H](C)[C@H](C(N)=O)C2)C2CC2)cc1. The molecule has 1 aromatic carbocycles. The summed E-state index contributed by atoms with van der Waals surface area (Å²) >= 11 is 0. The van der Waals surface area contributed by atoms with Gasteiger partial charge in [-0.3, -0.25) is 14.5 Å². The van der Waals surface area contributed by atoms with Gasteiger partial charge in [0.2, 0.25) is 11.8 Å². The van der Waals surface area contributed by atoms with Crippen molar-refractivity contribution in [1.82, 2.24) is 9.80 Å². The molecule has 0 bridgehead atoms. The Balaban J connectivity index is 1.61. The first-order valence-corrected chi connectivity index (χ1v) is 8.80. The van der Waals surface area contributed by atoms with Crippen LogP contribution >= 0.6 is 0 Å². The molecule has 1 aromatic rings. The zero-order valence-corrected chi connectivity index (χ0v) is 14.6. The van der Waals surface area contributed by atoms with Gasteiger partial charge in [0.25, 0.3) is 0 Å². The molecule has 0 radical (unpaired) electrons. The van der Waals surface area contributed by atoms with E-state index in [2.05, 4.69) is 36.1 Å². The van der Waals surface area contributed by atoms with Crippen LogP contribution in [0.2, 0.25) is 0 Å². The molecule has 1 aliphatic heterocycles. The summed E-state index contributed by atoms with van der Waals surface area (Å²) in [6, 6.07) is 8.75. The molecule has 1 saturated heterocycles. The van der Waals surface area contributed by atoms with Crippen molar-refractivity contribution in [2.24, 2.45) is 17.6 Å². The standard InChI is InChI=1S/C19H27N3O2/c1-13-3-5-15(6-4-13)10-22(16-7-8-16)18(23)12-21-9-14(2)17(11-21)19(20)24/h3-6,14,16-17H,7-12H2,1-2H3,(H2,20,24)/t14-,17-/m1/s1. The van der Waals surface area contributed by atoms with Gasteiger partial charge in [-0.05, 0) is 31.2 Å². The minimum absolute atomic E-state index is 0.135. The fraction of sp³-hybridized carbons (Fsp3) is 0.579. The minimum atomic E-state index is -0.254. The number of rotatable bonds is 6. The number of likely N-dealkylation sites (tertiary alicyclic amines) is 1. The van der Waals surface area contributed by atoms with Crippen LogP contribution in [0, 0.1) is 18.8 Å². The van der Waals surface area contributed by atoms with E-state index in [4.69, 9.17) is 5.73 Å². The summed E-state index contributed by atoms with van der Waals surface area (Å²) in [4.78, 5) is 28.4. The Labute approximate surface area is 143 Å². The number of carbonyl (C=O) groups excluding carboxylic acids is 2. The molecule has 5 nitrogen and oxygen atoms in total. The predicted molar refractivity (Wildman–Crippen MR) is 93.0 cm³/mol. The highest BCUT2D eigenvalue weighted by atomic mass is 16.2. The van der Waals surface area contributed by atoms with Crippen LogP contribution in [0.15, 0.2) is 24.3 Å². The molecule has 24 heavy (non-hydrogen) atoms. The van der Waals surface area contributed by atoms with E-state index in [0.717, 1.165) is 19.4 Å². The zero-order valence-electron chi connectivity index (χ0n) is 14.6. The Kier molecular flexibility index (Phi) is 4.90. The van der Waals surface area contributed by atoms with Crippen molar-refractivity contribution in [3.05, 3.63) is 35.4 Å². The van der Waals surface area contributed by atoms with Crippen LogP contribution in [0.25, 0.3) is 0 Å². The second kappa shape index (κ2) is 6.93. The molecule has 2 fully saturated rings. The zero-order chi connectivity index (χ0) is 17.3. The van der Waals surface area contributed by atoms with Crippen molar-refractivity contribution in [1.29, 1.82) is 0 Å². The first-order chi connectivity index (χ1) is 11.4. The second-order valence-corrected chi connectivity index (χ2v) is 7.42. The lowest BCUT2D eigenvalue weighted by atomic mass is 9.98. The monoisotopic (exact) mass is 329 g/mol. The molecule has 3 rings (SSSR count). The third-order valence-electron chi connectivity index (χ3n) is 5.19. The quantitative estimate of drug-likeness (QED) is 0.861. The van der Waals surface area contributed by atoms with E-state index in [1.54, 1.807) is 0 Å². The summed E-state index contributed by atoms with van der Waals surface area (Å²) in [6.07, 6.45) is 2.19. The van der Waals surface area contributed by atoms with E-state index >= 15 is 0 Å². The molecule has 1 saturated carbocycles. The minimum Gasteiger partial charge on any atom is -0.369 e. The van der Waals surface area contributed by atoms with Crippen molar-refractivity contribution in [3.8, 4) is 0 Å². The van der Waals surface area contributed by atoms with Crippen LogP contribution < -0.4 is 5.73 Å². The molecule has 2 atom stereocenters. The first-order valence-electron chi connectivity index (χ1n) is 8.80. The van der Waals surface area contributed by atoms with Gasteiger partial charge in [-0.1, -0.05) is 36.8 Å². The Bertz CT molecular complexity index is 610. The molecule has 0 spiro atoms. The molecule has 0 unspecified atom stereocenters. The molecule has 130 valence electrons. The summed E-state index contributed by atoms with van der Waals surface area (Å²) in [7, 11) is 0. The van der Waals surface area contributed by atoms with Crippen molar-refractivity contribution in [3.63, 3.8) is 0 Å². The van der Waals surface area contributed by atoms with Crippen LogP contribution in [0.5, 0.6) is 0 Å². The van der Waals surface area contributed by atoms with Crippen LogP contribution in [0.1, 0.15) is 30.9 Å². The summed E-state index contributed by atoms with van der Waals surface area (Å²) in [5, 5.41) is 0. The van der Waals surface area contributed by atoms with Gasteiger partial charge in [0.05, 0.1) is 12.5 Å². The van der Waals surface area contributed by atoms with Gasteiger partial charge in [0.1, 0.15) is 0 Å². The number of benzene rings is 1. The molecule has 2 N–H and O–H groups in total. The highest BCUT2D eigenvalue weighted by Crippen LogP contribution is 2.29. The number of aryl methyl sites for hydroxylation is 1. The number of primary amides is 1. The van der Waals surface area contributed by atoms with Gasteiger partial charge in [-0.15, -0.1) is 0 Å². The Morgan fingerprint density at radius 3 is 2.42 bits per heavy atom. The lowest BCUT2D eigenvalue weighted by Crippen LogP contribution is -2.41. The molecule has 2 aliphatic rings. The topological polar surface area (TPSA) is 66.6 Å². The molecule has 1 heterocycles. The van der Waals surface area contributed by atoms with Gasteiger partial charge in [0, 0.05) is 25.7 Å². The Hall–Kier alpha value is -1.88. The van der Waals surface area contributed by atoms with E-state index in [1.165, 1.54) is 11.1 Å². The maximum atomic E-state index is 12.8. The van der Waals surface area contributed by atoms with Crippen molar-refractivity contribution < 1.29 is 9.59 Å². The van der Waals surface area contributed by atoms with Gasteiger partial charge in [-0.25, -0.2) is 0 Å². The lowest BCUT2D eigenvalue weighted by molar-refractivity contribution is -0.133. The molecular formula is C19H27N3O2. The summed E-state index contributed by atoms with van der Waals surface area (Å²) in [5.41, 5.74) is 7.85. The maximum absolute atomic E-state index is 12.8. The number of nitrogens with zero attached hydrogens (tertiary/aromatic N) is 2. The van der Waals surface area contributed by atoms with Crippen molar-refractivity contribution in [2.75, 3.05) is 19.6 Å². The Morgan fingerprint density at radius 2 is 1.88 bits per heavy atom. The van der Waals surface area contributed by atoms with Crippen LogP contribution in [0.3, 0.4) is 0 Å². The second-order valence-electron chi connectivity index (χ2n) is 7.42. The van der Waals surface area contributed by atoms with Crippen molar-refractivity contribution >= 4 is 11.8 Å². The molecule has 5 heteroatoms. The number of hydrogen-bond acceptors (Lipinski definition) is 3. The summed E-state index contributed by atoms with van der Waals surface area (Å²) in [5.74, 6) is -0.00223. The molecule has 2 amide bonds. The third kappa shape index (κ3) is 3.96. The number of carbonyl (C=O) groups is 2. The fourth-order valence-electron chi connectivity index (χ4n) is 3.55. The van der Waals surface area contributed by atoms with Crippen LogP contribution in [-0.2, 0) is 16.1 Å². The van der Waals surface area contributed by atoms with E-state index < -0.39 is 0 Å². The van der Waals surface area contributed by atoms with Gasteiger partial charge in [-0.2, -0.15) is 0 Å². The summed E-state index contributed by atoms with van der Waals surface area (Å²) in [6.45, 7) is 6.53. The van der Waals surface area contributed by atoms with Gasteiger partial charge in [0.15, 0.2) is 0 Å². The number of nitrogens with two attached hydrogens (primary N) is 1. The normalized spacial score (nSPS) is 24.1. The average molecular weight is 329 g/mol. The van der Waals surface area contributed by atoms with E-state index in [1.807, 2.05) is 11.8 Å². The third-order valence-corrected chi connectivity index (χ3v) is 5.19. The highest BCUT2D eigenvalue weighted by Gasteiger charge is 2.37. The largest absolute Gasteiger partial charge is 0.369 e. The van der Waals surface area contributed by atoms with E-state index in [-0.39, 0.29) is 23.7 Å². The van der Waals surface area contributed by atoms with Crippen molar-refractivity contribution in [2.45, 2.75) is 39.3 Å². The highest BCUT2D eigenvalue weighted by molar-refractivity contribution is 5.80. The summed E-state index contributed by atoms with van der Waals surface area (Å²) < 4.78 is 0. The smallest absolute Gasteiger partial charge is 0.237 e. The average Bonchev–Trinajstić information content (AvgIpc) is 3.29. The maximum Gasteiger partial charge on any atom is 0.237 e.